The first-order chi connectivity index (χ1) is 28.0. The van der Waals surface area contributed by atoms with Gasteiger partial charge in [-0.15, -0.1) is 0 Å². The van der Waals surface area contributed by atoms with Crippen molar-refractivity contribution in [1.82, 2.24) is 5.32 Å². The maximum Gasteiger partial charge on any atom is 0.472 e. The SMILES string of the molecule is CCCCCCC/C=C\CCCCCCCC(=O)NC(COP(=O)(O)OCC[N+](C)(C)C)C(O)CCCCCCCCCCCCCCCCCCCCCCCC. The zero-order chi connectivity index (χ0) is 42.8. The van der Waals surface area contributed by atoms with E-state index < -0.39 is 20.0 Å². The number of amides is 1. The van der Waals surface area contributed by atoms with E-state index in [4.69, 9.17) is 9.05 Å². The minimum atomic E-state index is -4.31. The minimum Gasteiger partial charge on any atom is -0.391 e. The van der Waals surface area contributed by atoms with Crippen LogP contribution in [0, 0.1) is 0 Å². The fourth-order valence-corrected chi connectivity index (χ4v) is 8.25. The average molecular weight is 844 g/mol. The summed E-state index contributed by atoms with van der Waals surface area (Å²) in [6.07, 6.45) is 48.2. The Morgan fingerprint density at radius 2 is 0.931 bits per heavy atom. The van der Waals surface area contributed by atoms with Crippen LogP contribution in [0.25, 0.3) is 0 Å². The van der Waals surface area contributed by atoms with Gasteiger partial charge < -0.3 is 19.8 Å². The highest BCUT2D eigenvalue weighted by Gasteiger charge is 2.28. The molecule has 0 aliphatic heterocycles. The third-order valence-corrected chi connectivity index (χ3v) is 12.5. The molecule has 9 heteroatoms. The summed E-state index contributed by atoms with van der Waals surface area (Å²) in [6, 6.07) is -0.761. The van der Waals surface area contributed by atoms with Crippen molar-refractivity contribution < 1.29 is 32.9 Å². The van der Waals surface area contributed by atoms with Crippen LogP contribution in [0.1, 0.15) is 245 Å². The number of nitrogens with one attached hydrogen (secondary N) is 1. The quantitative estimate of drug-likeness (QED) is 0.0244. The number of phosphoric ester groups is 1. The van der Waals surface area contributed by atoms with Crippen molar-refractivity contribution in [2.45, 2.75) is 257 Å². The Hall–Kier alpha value is -0.760. The van der Waals surface area contributed by atoms with E-state index in [1.54, 1.807) is 0 Å². The van der Waals surface area contributed by atoms with Gasteiger partial charge >= 0.3 is 7.82 Å². The largest absolute Gasteiger partial charge is 0.472 e. The van der Waals surface area contributed by atoms with Crippen molar-refractivity contribution in [2.75, 3.05) is 40.9 Å². The molecule has 0 fully saturated rings. The number of hydrogen-bond acceptors (Lipinski definition) is 5. The van der Waals surface area contributed by atoms with E-state index in [0.717, 1.165) is 51.4 Å². The number of aliphatic hydroxyl groups is 1. The zero-order valence-corrected chi connectivity index (χ0v) is 40.2. The Morgan fingerprint density at radius 1 is 0.569 bits per heavy atom. The summed E-state index contributed by atoms with van der Waals surface area (Å²) in [4.78, 5) is 23.2. The molecule has 0 heterocycles. The number of rotatable bonds is 46. The van der Waals surface area contributed by atoms with E-state index in [1.807, 2.05) is 21.1 Å². The van der Waals surface area contributed by atoms with Crippen LogP contribution >= 0.6 is 7.82 Å². The first kappa shape index (κ1) is 57.2. The molecule has 0 rings (SSSR count). The van der Waals surface area contributed by atoms with Gasteiger partial charge in [0.25, 0.3) is 0 Å². The molecule has 0 aromatic rings. The van der Waals surface area contributed by atoms with E-state index in [9.17, 15) is 19.4 Å². The van der Waals surface area contributed by atoms with E-state index in [-0.39, 0.29) is 19.1 Å². The molecule has 346 valence electrons. The van der Waals surface area contributed by atoms with Gasteiger partial charge in [-0.25, -0.2) is 4.57 Å². The molecule has 0 bridgehead atoms. The zero-order valence-electron chi connectivity index (χ0n) is 39.3. The molecular weight excluding hydrogens is 744 g/mol. The molecule has 0 aromatic heterocycles. The van der Waals surface area contributed by atoms with Crippen molar-refractivity contribution in [3.05, 3.63) is 12.2 Å². The second-order valence-electron chi connectivity index (χ2n) is 18.5. The lowest BCUT2D eigenvalue weighted by Gasteiger charge is -2.26. The molecule has 0 aliphatic rings. The van der Waals surface area contributed by atoms with Crippen LogP contribution < -0.4 is 5.32 Å². The maximum atomic E-state index is 12.9. The normalized spacial score (nSPS) is 14.3. The standard InChI is InChI=1S/C49H99N2O6P/c1-6-8-10-12-14-16-18-20-22-23-24-25-26-27-28-29-30-32-34-36-38-40-42-48(52)47(46-57-58(54,55)56-45-44-51(3,4)5)50-49(53)43-41-39-37-35-33-31-21-19-17-15-13-11-9-7-2/h19,21,47-48,52H,6-18,20,22-46H2,1-5H3,(H-,50,53,54,55)/p+1/b21-19-. The van der Waals surface area contributed by atoms with Crippen LogP contribution in [-0.4, -0.2) is 73.4 Å². The Balaban J connectivity index is 4.23. The van der Waals surface area contributed by atoms with Crippen molar-refractivity contribution >= 4 is 13.7 Å². The van der Waals surface area contributed by atoms with E-state index in [0.29, 0.717) is 23.9 Å². The third kappa shape index (κ3) is 43.3. The number of carbonyl (C=O) groups excluding carboxylic acids is 1. The van der Waals surface area contributed by atoms with Crippen molar-refractivity contribution in [3.8, 4) is 0 Å². The monoisotopic (exact) mass is 844 g/mol. The highest BCUT2D eigenvalue weighted by molar-refractivity contribution is 7.47. The molecule has 3 unspecified atom stereocenters. The molecule has 0 radical (unpaired) electrons. The molecule has 0 aromatic carbocycles. The van der Waals surface area contributed by atoms with Gasteiger partial charge in [-0.3, -0.25) is 13.8 Å². The molecule has 3 atom stereocenters. The number of nitrogens with zero attached hydrogens (tertiary/aromatic N) is 1. The number of likely N-dealkylation sites (N-methyl/N-ethyl adjacent to an activating group) is 1. The molecular formula is C49H100N2O6P+. The Morgan fingerprint density at radius 3 is 1.33 bits per heavy atom. The lowest BCUT2D eigenvalue weighted by atomic mass is 10.0. The molecule has 0 spiro atoms. The smallest absolute Gasteiger partial charge is 0.391 e. The number of carbonyl (C=O) groups is 1. The van der Waals surface area contributed by atoms with Gasteiger partial charge in [0.15, 0.2) is 0 Å². The van der Waals surface area contributed by atoms with Crippen LogP contribution in [0.4, 0.5) is 0 Å². The first-order valence-corrected chi connectivity index (χ1v) is 26.5. The Kier molecular flexibility index (Phi) is 41.0. The highest BCUT2D eigenvalue weighted by atomic mass is 31.2. The summed E-state index contributed by atoms with van der Waals surface area (Å²) in [5.41, 5.74) is 0. The fraction of sp³-hybridized carbons (Fsp3) is 0.939. The average Bonchev–Trinajstić information content (AvgIpc) is 3.17. The van der Waals surface area contributed by atoms with Crippen molar-refractivity contribution in [2.24, 2.45) is 0 Å². The predicted molar refractivity (Wildman–Crippen MR) is 249 cm³/mol. The summed E-state index contributed by atoms with van der Waals surface area (Å²) in [5, 5.41) is 14.0. The fourth-order valence-electron chi connectivity index (χ4n) is 7.51. The van der Waals surface area contributed by atoms with Crippen LogP contribution in [0.5, 0.6) is 0 Å². The van der Waals surface area contributed by atoms with Crippen molar-refractivity contribution in [1.29, 1.82) is 0 Å². The van der Waals surface area contributed by atoms with Gasteiger partial charge in [0.1, 0.15) is 13.2 Å². The van der Waals surface area contributed by atoms with Crippen LogP contribution in [0.2, 0.25) is 0 Å². The minimum absolute atomic E-state index is 0.0751. The number of aliphatic hydroxyl groups excluding tert-OH is 1. The summed E-state index contributed by atoms with van der Waals surface area (Å²) in [5.74, 6) is -0.151. The van der Waals surface area contributed by atoms with Gasteiger partial charge in [0, 0.05) is 6.42 Å². The summed E-state index contributed by atoms with van der Waals surface area (Å²) in [6.45, 7) is 4.90. The topological polar surface area (TPSA) is 105 Å². The van der Waals surface area contributed by atoms with Gasteiger partial charge in [-0.1, -0.05) is 212 Å². The third-order valence-electron chi connectivity index (χ3n) is 11.5. The lowest BCUT2D eigenvalue weighted by Crippen LogP contribution is -2.46. The molecule has 58 heavy (non-hydrogen) atoms. The van der Waals surface area contributed by atoms with Crippen LogP contribution in [0.15, 0.2) is 12.2 Å². The number of allylic oxidation sites excluding steroid dienone is 2. The van der Waals surface area contributed by atoms with E-state index >= 15 is 0 Å². The molecule has 3 N–H and O–H groups in total. The van der Waals surface area contributed by atoms with E-state index in [2.05, 4.69) is 31.3 Å². The maximum absolute atomic E-state index is 12.9. The van der Waals surface area contributed by atoms with Gasteiger partial charge in [0.05, 0.1) is 39.9 Å². The lowest BCUT2D eigenvalue weighted by molar-refractivity contribution is -0.870. The number of quaternary nitrogens is 1. The van der Waals surface area contributed by atoms with Crippen molar-refractivity contribution in [3.63, 3.8) is 0 Å². The number of hydrogen-bond donors (Lipinski definition) is 3. The Labute approximate surface area is 361 Å². The number of unbranched alkanes of at least 4 members (excludes halogenated alkanes) is 31. The predicted octanol–water partition coefficient (Wildman–Crippen LogP) is 14.3. The van der Waals surface area contributed by atoms with Gasteiger partial charge in [0.2, 0.25) is 5.91 Å². The summed E-state index contributed by atoms with van der Waals surface area (Å²) < 4.78 is 23.7. The molecule has 8 nitrogen and oxygen atoms in total. The molecule has 0 saturated carbocycles. The van der Waals surface area contributed by atoms with Gasteiger partial charge in [-0.2, -0.15) is 0 Å². The second-order valence-corrected chi connectivity index (χ2v) is 20.0. The van der Waals surface area contributed by atoms with Gasteiger partial charge in [-0.05, 0) is 38.5 Å². The second kappa shape index (κ2) is 41.6. The summed E-state index contributed by atoms with van der Waals surface area (Å²) >= 11 is 0. The Bertz CT molecular complexity index is 958. The van der Waals surface area contributed by atoms with Crippen LogP contribution in [-0.2, 0) is 18.4 Å². The highest BCUT2D eigenvalue weighted by Crippen LogP contribution is 2.43. The first-order valence-electron chi connectivity index (χ1n) is 25.1. The summed E-state index contributed by atoms with van der Waals surface area (Å²) in [7, 11) is 1.62. The molecule has 0 aliphatic carbocycles. The number of phosphoric acid groups is 1. The molecule has 1 amide bonds. The van der Waals surface area contributed by atoms with Crippen LogP contribution in [0.3, 0.4) is 0 Å². The molecule has 0 saturated heterocycles. The van der Waals surface area contributed by atoms with E-state index in [1.165, 1.54) is 167 Å².